The third-order valence-corrected chi connectivity index (χ3v) is 7.17. The Hall–Kier alpha value is -3.65. The van der Waals surface area contributed by atoms with E-state index < -0.39 is 28.5 Å². The summed E-state index contributed by atoms with van der Waals surface area (Å²) in [5.41, 5.74) is 4.07. The molecule has 0 saturated heterocycles. The number of carbonyl (C=O) groups is 2. The Kier molecular flexibility index (Phi) is 9.47. The zero-order valence-electron chi connectivity index (χ0n) is 21.8. The molecule has 0 aromatic heterocycles. The van der Waals surface area contributed by atoms with Gasteiger partial charge in [-0.2, -0.15) is 0 Å². The van der Waals surface area contributed by atoms with E-state index in [1.165, 1.54) is 4.90 Å². The van der Waals surface area contributed by atoms with Crippen molar-refractivity contribution >= 4 is 27.5 Å². The molecule has 0 saturated carbocycles. The normalized spacial score (nSPS) is 12.0. The van der Waals surface area contributed by atoms with Crippen LogP contribution in [0.25, 0.3) is 0 Å². The molecule has 0 fully saturated rings. The van der Waals surface area contributed by atoms with E-state index in [0.29, 0.717) is 18.7 Å². The number of hydrogen-bond donors (Lipinski definition) is 1. The van der Waals surface area contributed by atoms with E-state index >= 15 is 0 Å². The largest absolute Gasteiger partial charge is 0.355 e. The van der Waals surface area contributed by atoms with Gasteiger partial charge in [-0.15, -0.1) is 0 Å². The number of aryl methyl sites for hydroxylation is 2. The minimum Gasteiger partial charge on any atom is -0.355 e. The van der Waals surface area contributed by atoms with Gasteiger partial charge in [0.15, 0.2) is 0 Å². The van der Waals surface area contributed by atoms with E-state index in [0.717, 1.165) is 32.8 Å². The first-order valence-electron chi connectivity index (χ1n) is 12.3. The topological polar surface area (TPSA) is 86.8 Å². The summed E-state index contributed by atoms with van der Waals surface area (Å²) in [5.74, 6) is -0.741. The summed E-state index contributed by atoms with van der Waals surface area (Å²) in [6.07, 6.45) is 1.38. The van der Waals surface area contributed by atoms with Crippen LogP contribution >= 0.6 is 0 Å². The van der Waals surface area contributed by atoms with E-state index in [1.54, 1.807) is 18.2 Å². The minimum absolute atomic E-state index is 0.167. The monoisotopic (exact) mass is 521 g/mol. The maximum Gasteiger partial charge on any atom is 0.244 e. The first-order valence-corrected chi connectivity index (χ1v) is 14.1. The zero-order chi connectivity index (χ0) is 27.0. The highest BCUT2D eigenvalue weighted by Crippen LogP contribution is 2.21. The van der Waals surface area contributed by atoms with Crippen LogP contribution in [0.5, 0.6) is 0 Å². The number of likely N-dealkylation sites (N-methyl/N-ethyl adjacent to an activating group) is 1. The molecule has 1 atom stereocenters. The first kappa shape index (κ1) is 27.9. The van der Waals surface area contributed by atoms with Gasteiger partial charge in [0.05, 0.1) is 11.9 Å². The van der Waals surface area contributed by atoms with Crippen LogP contribution in [0, 0.1) is 13.8 Å². The lowest BCUT2D eigenvalue weighted by Crippen LogP contribution is -2.53. The number of anilines is 1. The fourth-order valence-corrected chi connectivity index (χ4v) is 5.09. The summed E-state index contributed by atoms with van der Waals surface area (Å²) >= 11 is 0. The smallest absolute Gasteiger partial charge is 0.244 e. The summed E-state index contributed by atoms with van der Waals surface area (Å²) in [5, 5.41) is 2.86. The fraction of sp³-hybridized carbons (Fsp3) is 0.310. The molecule has 0 heterocycles. The molecule has 8 heteroatoms. The van der Waals surface area contributed by atoms with Gasteiger partial charge < -0.3 is 10.2 Å². The number of carbonyl (C=O) groups excluding carboxylic acids is 2. The molecule has 7 nitrogen and oxygen atoms in total. The Morgan fingerprint density at radius 3 is 2.08 bits per heavy atom. The third-order valence-electron chi connectivity index (χ3n) is 6.03. The molecule has 0 radical (unpaired) electrons. The van der Waals surface area contributed by atoms with Crippen molar-refractivity contribution in [2.75, 3.05) is 23.7 Å². The van der Waals surface area contributed by atoms with Crippen LogP contribution in [0.2, 0.25) is 0 Å². The molecule has 196 valence electrons. The molecule has 3 aromatic rings. The van der Waals surface area contributed by atoms with E-state index in [4.69, 9.17) is 0 Å². The Bertz CT molecular complexity index is 1330. The van der Waals surface area contributed by atoms with Crippen LogP contribution < -0.4 is 9.62 Å². The second-order valence-corrected chi connectivity index (χ2v) is 11.1. The molecule has 2 amide bonds. The lowest BCUT2D eigenvalue weighted by molar-refractivity contribution is -0.140. The van der Waals surface area contributed by atoms with Crippen LogP contribution in [0.1, 0.15) is 29.2 Å². The Morgan fingerprint density at radius 1 is 0.865 bits per heavy atom. The van der Waals surface area contributed by atoms with Crippen molar-refractivity contribution in [1.29, 1.82) is 0 Å². The predicted octanol–water partition coefficient (Wildman–Crippen LogP) is 3.85. The number of rotatable bonds is 11. The third kappa shape index (κ3) is 7.92. The SMILES string of the molecule is CCNC(=O)[C@@H](Cc1ccccc1)N(Cc1cccc(C)c1)C(=O)CN(c1cccc(C)c1)S(C)(=O)=O. The van der Waals surface area contributed by atoms with Crippen molar-refractivity contribution in [2.45, 2.75) is 39.8 Å². The van der Waals surface area contributed by atoms with Gasteiger partial charge in [-0.3, -0.25) is 13.9 Å². The van der Waals surface area contributed by atoms with Gasteiger partial charge in [0.1, 0.15) is 12.6 Å². The van der Waals surface area contributed by atoms with Crippen LogP contribution in [0.3, 0.4) is 0 Å². The maximum atomic E-state index is 13.9. The van der Waals surface area contributed by atoms with Crippen molar-refractivity contribution in [3.63, 3.8) is 0 Å². The molecule has 0 bridgehead atoms. The molecule has 0 unspecified atom stereocenters. The molecule has 3 aromatic carbocycles. The summed E-state index contributed by atoms with van der Waals surface area (Å²) in [4.78, 5) is 28.7. The lowest BCUT2D eigenvalue weighted by atomic mass is 10.0. The van der Waals surface area contributed by atoms with Gasteiger partial charge in [0.25, 0.3) is 0 Å². The number of benzene rings is 3. The van der Waals surface area contributed by atoms with Crippen LogP contribution in [0.4, 0.5) is 5.69 Å². The van der Waals surface area contributed by atoms with Crippen molar-refractivity contribution in [1.82, 2.24) is 10.2 Å². The van der Waals surface area contributed by atoms with Gasteiger partial charge in [-0.05, 0) is 49.6 Å². The minimum atomic E-state index is -3.77. The molecule has 0 aliphatic rings. The highest BCUT2D eigenvalue weighted by Gasteiger charge is 2.32. The Morgan fingerprint density at radius 2 is 1.49 bits per heavy atom. The van der Waals surface area contributed by atoms with Gasteiger partial charge in [0.2, 0.25) is 21.8 Å². The van der Waals surface area contributed by atoms with E-state index in [-0.39, 0.29) is 12.5 Å². The standard InChI is InChI=1S/C29H35N3O4S/c1-5-30-29(34)27(19-24-13-7-6-8-14-24)31(20-25-15-9-11-22(2)17-25)28(33)21-32(37(4,35)36)26-16-10-12-23(3)18-26/h6-18,27H,5,19-21H2,1-4H3,(H,30,34)/t27-/m1/s1. The number of hydrogen-bond acceptors (Lipinski definition) is 4. The average molecular weight is 522 g/mol. The van der Waals surface area contributed by atoms with Crippen LogP contribution in [0.15, 0.2) is 78.9 Å². The summed E-state index contributed by atoms with van der Waals surface area (Å²) in [6, 6.07) is 23.4. The van der Waals surface area contributed by atoms with Gasteiger partial charge >= 0.3 is 0 Å². The molecule has 1 N–H and O–H groups in total. The van der Waals surface area contributed by atoms with Gasteiger partial charge in [-0.1, -0.05) is 72.3 Å². The highest BCUT2D eigenvalue weighted by molar-refractivity contribution is 7.92. The molecule has 0 aliphatic carbocycles. The molecular weight excluding hydrogens is 486 g/mol. The molecule has 3 rings (SSSR count). The fourth-order valence-electron chi connectivity index (χ4n) is 4.25. The van der Waals surface area contributed by atoms with E-state index in [9.17, 15) is 18.0 Å². The highest BCUT2D eigenvalue weighted by atomic mass is 32.2. The maximum absolute atomic E-state index is 13.9. The second kappa shape index (κ2) is 12.5. The van der Waals surface area contributed by atoms with Crippen LogP contribution in [-0.2, 0) is 32.6 Å². The second-order valence-electron chi connectivity index (χ2n) is 9.22. The number of nitrogens with one attached hydrogen (secondary N) is 1. The van der Waals surface area contributed by atoms with Crippen molar-refractivity contribution < 1.29 is 18.0 Å². The first-order chi connectivity index (χ1) is 17.6. The van der Waals surface area contributed by atoms with E-state index in [1.807, 2.05) is 81.4 Å². The molecular formula is C29H35N3O4S. The van der Waals surface area contributed by atoms with Crippen LogP contribution in [-0.4, -0.2) is 50.5 Å². The lowest BCUT2D eigenvalue weighted by Gasteiger charge is -2.33. The molecule has 0 aliphatic heterocycles. The zero-order valence-corrected chi connectivity index (χ0v) is 22.7. The van der Waals surface area contributed by atoms with Crippen molar-refractivity contribution in [3.05, 3.63) is 101 Å². The van der Waals surface area contributed by atoms with Crippen molar-refractivity contribution in [3.8, 4) is 0 Å². The Labute approximate surface area is 220 Å². The van der Waals surface area contributed by atoms with Gasteiger partial charge in [-0.25, -0.2) is 8.42 Å². The average Bonchev–Trinajstić information content (AvgIpc) is 2.84. The summed E-state index contributed by atoms with van der Waals surface area (Å²) in [7, 11) is -3.77. The number of nitrogens with zero attached hydrogens (tertiary/aromatic N) is 2. The number of amides is 2. The summed E-state index contributed by atoms with van der Waals surface area (Å²) in [6.45, 7) is 5.81. The summed E-state index contributed by atoms with van der Waals surface area (Å²) < 4.78 is 26.7. The number of sulfonamides is 1. The Balaban J connectivity index is 2.04. The quantitative estimate of drug-likeness (QED) is 0.415. The van der Waals surface area contributed by atoms with E-state index in [2.05, 4.69) is 5.32 Å². The molecule has 37 heavy (non-hydrogen) atoms. The molecule has 0 spiro atoms. The van der Waals surface area contributed by atoms with Gasteiger partial charge in [0, 0.05) is 19.5 Å². The predicted molar refractivity (Wildman–Crippen MR) is 148 cm³/mol. The van der Waals surface area contributed by atoms with Crippen molar-refractivity contribution in [2.24, 2.45) is 0 Å².